The molecule has 0 fully saturated rings. The molecule has 3 aromatic carbocycles. The van der Waals surface area contributed by atoms with E-state index in [0.717, 1.165) is 20.3 Å². The molecule has 0 saturated carbocycles. The molecule has 0 unspecified atom stereocenters. The largest absolute Gasteiger partial charge is 0.496 e. The number of aromatic carboxylic acids is 2. The number of aryl methyl sites for hydroxylation is 2. The monoisotopic (exact) mass is 532 g/mol. The maximum Gasteiger partial charge on any atom is 0.338 e. The number of fused-ring (bicyclic) bond motifs is 3. The zero-order valence-electron chi connectivity index (χ0n) is 21.7. The van der Waals surface area contributed by atoms with Crippen LogP contribution in [-0.4, -0.2) is 55.4 Å². The number of ether oxygens (including phenoxy) is 3. The maximum absolute atomic E-state index is 13.0. The summed E-state index contributed by atoms with van der Waals surface area (Å²) in [5, 5.41) is 21.3. The van der Waals surface area contributed by atoms with Crippen LogP contribution in [0.2, 0.25) is 0 Å². The lowest BCUT2D eigenvalue weighted by Crippen LogP contribution is -2.17. The number of esters is 2. The van der Waals surface area contributed by atoms with Crippen LogP contribution in [-0.2, 0) is 19.1 Å². The predicted octanol–water partition coefficient (Wildman–Crippen LogP) is 5.00. The summed E-state index contributed by atoms with van der Waals surface area (Å²) in [6.45, 7) is 3.51. The van der Waals surface area contributed by atoms with Crippen LogP contribution in [0.3, 0.4) is 0 Å². The zero-order valence-corrected chi connectivity index (χ0v) is 21.7. The Kier molecular flexibility index (Phi) is 7.13. The van der Waals surface area contributed by atoms with Crippen molar-refractivity contribution in [3.8, 4) is 16.9 Å². The predicted molar refractivity (Wildman–Crippen MR) is 141 cm³/mol. The molecule has 4 rings (SSSR count). The van der Waals surface area contributed by atoms with Crippen LogP contribution in [0.15, 0.2) is 46.9 Å². The van der Waals surface area contributed by atoms with E-state index >= 15 is 0 Å². The van der Waals surface area contributed by atoms with Gasteiger partial charge in [-0.1, -0.05) is 30.3 Å². The summed E-state index contributed by atoms with van der Waals surface area (Å²) in [7, 11) is 3.62. The van der Waals surface area contributed by atoms with Gasteiger partial charge in [0.15, 0.2) is 0 Å². The molecule has 0 spiro atoms. The zero-order chi connectivity index (χ0) is 28.6. The average Bonchev–Trinajstić information content (AvgIpc) is 3.29. The molecule has 0 aliphatic rings. The van der Waals surface area contributed by atoms with Crippen molar-refractivity contribution in [1.82, 2.24) is 0 Å². The first-order chi connectivity index (χ1) is 18.6. The van der Waals surface area contributed by atoms with Crippen molar-refractivity contribution in [2.75, 3.05) is 21.3 Å². The van der Waals surface area contributed by atoms with Crippen LogP contribution < -0.4 is 4.74 Å². The molecule has 39 heavy (non-hydrogen) atoms. The van der Waals surface area contributed by atoms with Crippen molar-refractivity contribution < 1.29 is 48.0 Å². The van der Waals surface area contributed by atoms with E-state index in [1.54, 1.807) is 50.2 Å². The number of carboxylic acid groups (broad SMARTS) is 2. The Bertz CT molecular complexity index is 1710. The van der Waals surface area contributed by atoms with Gasteiger partial charge in [-0.25, -0.2) is 19.2 Å². The minimum atomic E-state index is -1.64. The van der Waals surface area contributed by atoms with Gasteiger partial charge in [-0.05, 0) is 31.0 Å². The minimum Gasteiger partial charge on any atom is -0.496 e. The summed E-state index contributed by atoms with van der Waals surface area (Å²) >= 11 is 0. The second kappa shape index (κ2) is 10.3. The fourth-order valence-electron chi connectivity index (χ4n) is 4.87. The normalized spacial score (nSPS) is 11.5. The lowest BCUT2D eigenvalue weighted by molar-refractivity contribution is -0.136. The van der Waals surface area contributed by atoms with Gasteiger partial charge in [0.05, 0.1) is 38.0 Å². The van der Waals surface area contributed by atoms with Gasteiger partial charge >= 0.3 is 23.9 Å². The van der Waals surface area contributed by atoms with E-state index in [4.69, 9.17) is 18.6 Å². The van der Waals surface area contributed by atoms with E-state index in [1.165, 1.54) is 7.11 Å². The van der Waals surface area contributed by atoms with Crippen molar-refractivity contribution in [2.24, 2.45) is 0 Å². The lowest BCUT2D eigenvalue weighted by Gasteiger charge is -2.17. The molecule has 1 aromatic heterocycles. The summed E-state index contributed by atoms with van der Waals surface area (Å²) in [6, 6.07) is 9.97. The topological polar surface area (TPSA) is 150 Å². The molecule has 0 aliphatic heterocycles. The van der Waals surface area contributed by atoms with E-state index in [9.17, 15) is 29.4 Å². The number of hydrogen-bond acceptors (Lipinski definition) is 8. The van der Waals surface area contributed by atoms with E-state index in [1.807, 2.05) is 0 Å². The van der Waals surface area contributed by atoms with Crippen LogP contribution in [0, 0.1) is 13.8 Å². The van der Waals surface area contributed by atoms with Crippen LogP contribution in [0.5, 0.6) is 5.75 Å². The molecular weight excluding hydrogens is 508 g/mol. The Hall–Kier alpha value is -5.12. The van der Waals surface area contributed by atoms with Crippen molar-refractivity contribution in [1.29, 1.82) is 0 Å². The van der Waals surface area contributed by atoms with Gasteiger partial charge in [0.1, 0.15) is 16.9 Å². The molecule has 0 amide bonds. The quantitative estimate of drug-likeness (QED) is 0.246. The van der Waals surface area contributed by atoms with Crippen LogP contribution in [0.1, 0.15) is 37.4 Å². The third-order valence-corrected chi connectivity index (χ3v) is 6.40. The summed E-state index contributed by atoms with van der Waals surface area (Å²) in [5.41, 5.74) is -0.320. The number of carbonyl (C=O) groups is 4. The van der Waals surface area contributed by atoms with Crippen molar-refractivity contribution in [3.63, 3.8) is 0 Å². The molecule has 2 N–H and O–H groups in total. The Morgan fingerprint density at radius 2 is 1.49 bits per heavy atom. The van der Waals surface area contributed by atoms with Gasteiger partial charge < -0.3 is 28.8 Å². The molecule has 0 bridgehead atoms. The fourth-order valence-corrected chi connectivity index (χ4v) is 4.87. The van der Waals surface area contributed by atoms with Crippen LogP contribution in [0.25, 0.3) is 38.6 Å². The minimum absolute atomic E-state index is 0.00372. The molecule has 10 nitrogen and oxygen atoms in total. The van der Waals surface area contributed by atoms with E-state index in [-0.39, 0.29) is 27.7 Å². The third-order valence-electron chi connectivity index (χ3n) is 6.40. The van der Waals surface area contributed by atoms with E-state index < -0.39 is 40.6 Å². The van der Waals surface area contributed by atoms with Gasteiger partial charge in [0, 0.05) is 33.5 Å². The second-order valence-corrected chi connectivity index (χ2v) is 8.58. The summed E-state index contributed by atoms with van der Waals surface area (Å²) in [4.78, 5) is 50.9. The van der Waals surface area contributed by atoms with Gasteiger partial charge in [-0.15, -0.1) is 0 Å². The first kappa shape index (κ1) is 26.9. The third kappa shape index (κ3) is 4.35. The highest BCUT2D eigenvalue weighted by molar-refractivity contribution is 6.32. The molecule has 0 radical (unpaired) electrons. The van der Waals surface area contributed by atoms with E-state index in [0.29, 0.717) is 27.8 Å². The number of carboxylic acids is 2. The van der Waals surface area contributed by atoms with Crippen molar-refractivity contribution >= 4 is 51.4 Å². The fraction of sp³-hybridized carbons (Fsp3) is 0.172. The van der Waals surface area contributed by atoms with E-state index in [2.05, 4.69) is 0 Å². The second-order valence-electron chi connectivity index (χ2n) is 8.58. The van der Waals surface area contributed by atoms with Crippen molar-refractivity contribution in [2.45, 2.75) is 13.8 Å². The molecule has 10 heteroatoms. The maximum atomic E-state index is 13.0. The lowest BCUT2D eigenvalue weighted by atomic mass is 9.84. The average molecular weight is 533 g/mol. The van der Waals surface area contributed by atoms with Gasteiger partial charge in [-0.3, -0.25) is 0 Å². The Morgan fingerprint density at radius 3 is 2.03 bits per heavy atom. The highest BCUT2D eigenvalue weighted by atomic mass is 16.5. The number of furan rings is 1. The molecular formula is C29H24O10. The molecule has 0 saturated heterocycles. The highest BCUT2D eigenvalue weighted by Crippen LogP contribution is 2.47. The number of methoxy groups -OCH3 is 3. The highest BCUT2D eigenvalue weighted by Gasteiger charge is 2.35. The molecule has 4 aromatic rings. The van der Waals surface area contributed by atoms with Gasteiger partial charge in [0.25, 0.3) is 0 Å². The SMILES string of the molecule is COC(=O)/C=C(\C(=O)OC)c1c(C(=O)O)c(C(=O)O)c(-c2ccccc2)c2oc3c(C)c(OC)c(C)cc3c12. The summed E-state index contributed by atoms with van der Waals surface area (Å²) < 4.78 is 21.4. The summed E-state index contributed by atoms with van der Waals surface area (Å²) in [5.74, 6) is -4.77. The first-order valence-electron chi connectivity index (χ1n) is 11.6. The van der Waals surface area contributed by atoms with Crippen LogP contribution >= 0.6 is 0 Å². The Balaban J connectivity index is 2.45. The smallest absolute Gasteiger partial charge is 0.338 e. The van der Waals surface area contributed by atoms with Gasteiger partial charge in [0.2, 0.25) is 0 Å². The molecule has 1 heterocycles. The van der Waals surface area contributed by atoms with Gasteiger partial charge in [-0.2, -0.15) is 0 Å². The number of carbonyl (C=O) groups excluding carboxylic acids is 2. The molecule has 200 valence electrons. The van der Waals surface area contributed by atoms with Crippen molar-refractivity contribution in [3.05, 3.63) is 70.3 Å². The Labute approximate surface area is 222 Å². The Morgan fingerprint density at radius 1 is 0.846 bits per heavy atom. The van der Waals surface area contributed by atoms with Crippen LogP contribution in [0.4, 0.5) is 0 Å². The molecule has 0 atom stereocenters. The summed E-state index contributed by atoms with van der Waals surface area (Å²) in [6.07, 6.45) is 0.767. The standard InChI is InChI=1S/C29H24O10/c1-13-11-16-21-20(17(29(35)38-5)12-18(30)36-3)23(28(33)34)22(27(31)32)19(15-9-7-6-8-10-15)26(21)39-25(16)14(2)24(13)37-4/h6-12H,1-5H3,(H,31,32)(H,33,34)/b17-12-. The number of rotatable bonds is 7. The number of hydrogen-bond donors (Lipinski definition) is 2. The molecule has 0 aliphatic carbocycles. The number of benzene rings is 3. The first-order valence-corrected chi connectivity index (χ1v) is 11.6.